The molecule has 1 N–H and O–H groups in total. The van der Waals surface area contributed by atoms with Crippen LogP contribution in [-0.2, 0) is 20.9 Å². The lowest BCUT2D eigenvalue weighted by atomic mass is 9.99. The van der Waals surface area contributed by atoms with Crippen LogP contribution in [-0.4, -0.2) is 41.1 Å². The number of aromatic nitrogens is 1. The van der Waals surface area contributed by atoms with Gasteiger partial charge in [-0.05, 0) is 29.8 Å². The van der Waals surface area contributed by atoms with Crippen LogP contribution >= 0.6 is 0 Å². The number of amides is 1. The average molecular weight is 340 g/mol. The number of hydrogen-bond donors (Lipinski definition) is 1. The van der Waals surface area contributed by atoms with Crippen LogP contribution in [0.2, 0.25) is 0 Å². The van der Waals surface area contributed by atoms with Gasteiger partial charge in [0.15, 0.2) is 5.57 Å². The third-order valence-corrected chi connectivity index (χ3v) is 4.71. The summed E-state index contributed by atoms with van der Waals surface area (Å²) in [4.78, 5) is 30.7. The van der Waals surface area contributed by atoms with E-state index < -0.39 is 11.9 Å². The molecule has 1 atom stereocenters. The SMILES string of the molecule is COC(=O)C1=C(O)CC2c3nc4ccc(OC)cc4cc3CN2C1=O. The molecule has 2 aliphatic heterocycles. The molecule has 0 radical (unpaired) electrons. The van der Waals surface area contributed by atoms with Crippen LogP contribution in [0, 0.1) is 0 Å². The fourth-order valence-corrected chi connectivity index (χ4v) is 3.48. The molecule has 0 spiro atoms. The number of pyridine rings is 1. The quantitative estimate of drug-likeness (QED) is 0.664. The molecule has 1 amide bonds. The molecule has 0 saturated carbocycles. The summed E-state index contributed by atoms with van der Waals surface area (Å²) in [5, 5.41) is 11.1. The topological polar surface area (TPSA) is 89.0 Å². The minimum Gasteiger partial charge on any atom is -0.511 e. The molecule has 7 nitrogen and oxygen atoms in total. The van der Waals surface area contributed by atoms with E-state index in [1.807, 2.05) is 24.3 Å². The second-order valence-electron chi connectivity index (χ2n) is 6.06. The van der Waals surface area contributed by atoms with E-state index >= 15 is 0 Å². The van der Waals surface area contributed by atoms with Crippen molar-refractivity contribution in [3.8, 4) is 5.75 Å². The number of rotatable bonds is 2. The summed E-state index contributed by atoms with van der Waals surface area (Å²) >= 11 is 0. The number of esters is 1. The molecule has 1 aromatic heterocycles. The maximum Gasteiger partial charge on any atom is 0.346 e. The molecule has 7 heteroatoms. The Labute approximate surface area is 143 Å². The molecule has 4 rings (SSSR count). The minimum absolute atomic E-state index is 0.151. The third-order valence-electron chi connectivity index (χ3n) is 4.71. The maximum absolute atomic E-state index is 12.6. The van der Waals surface area contributed by atoms with Gasteiger partial charge in [0.2, 0.25) is 0 Å². The average Bonchev–Trinajstić information content (AvgIpc) is 2.96. The van der Waals surface area contributed by atoms with E-state index in [-0.39, 0.29) is 23.8 Å². The molecule has 0 bridgehead atoms. The first kappa shape index (κ1) is 15.4. The molecule has 3 heterocycles. The highest BCUT2D eigenvalue weighted by Gasteiger charge is 2.44. The van der Waals surface area contributed by atoms with Gasteiger partial charge in [-0.15, -0.1) is 0 Å². The Hall–Kier alpha value is -3.09. The van der Waals surface area contributed by atoms with Gasteiger partial charge in [-0.3, -0.25) is 9.78 Å². The van der Waals surface area contributed by atoms with E-state index in [0.717, 1.165) is 27.9 Å². The maximum atomic E-state index is 12.6. The number of methoxy groups -OCH3 is 2. The summed E-state index contributed by atoms with van der Waals surface area (Å²) in [6, 6.07) is 7.17. The highest BCUT2D eigenvalue weighted by atomic mass is 16.5. The predicted molar refractivity (Wildman–Crippen MR) is 87.9 cm³/mol. The smallest absolute Gasteiger partial charge is 0.346 e. The molecule has 1 unspecified atom stereocenters. The van der Waals surface area contributed by atoms with E-state index in [1.165, 1.54) is 7.11 Å². The highest BCUT2D eigenvalue weighted by molar-refractivity contribution is 6.17. The first-order valence-corrected chi connectivity index (χ1v) is 7.82. The fraction of sp³-hybridized carbons (Fsp3) is 0.278. The Balaban J connectivity index is 1.78. The first-order chi connectivity index (χ1) is 12.0. The summed E-state index contributed by atoms with van der Waals surface area (Å²) in [6.07, 6.45) is 0.151. The van der Waals surface area contributed by atoms with E-state index in [1.54, 1.807) is 12.0 Å². The van der Waals surface area contributed by atoms with Crippen molar-refractivity contribution in [1.29, 1.82) is 0 Å². The third kappa shape index (κ3) is 2.23. The zero-order valence-electron chi connectivity index (χ0n) is 13.8. The van der Waals surface area contributed by atoms with Gasteiger partial charge in [-0.1, -0.05) is 0 Å². The van der Waals surface area contributed by atoms with E-state index in [4.69, 9.17) is 4.74 Å². The molecule has 0 aliphatic carbocycles. The summed E-state index contributed by atoms with van der Waals surface area (Å²) < 4.78 is 9.85. The minimum atomic E-state index is -0.820. The van der Waals surface area contributed by atoms with Gasteiger partial charge in [-0.25, -0.2) is 4.79 Å². The van der Waals surface area contributed by atoms with Gasteiger partial charge in [-0.2, -0.15) is 0 Å². The molecular weight excluding hydrogens is 324 g/mol. The van der Waals surface area contributed by atoms with Crippen LogP contribution < -0.4 is 4.74 Å². The van der Waals surface area contributed by atoms with E-state index in [2.05, 4.69) is 9.72 Å². The van der Waals surface area contributed by atoms with Crippen LogP contribution in [0.25, 0.3) is 10.9 Å². The molecule has 25 heavy (non-hydrogen) atoms. The normalized spacial score (nSPS) is 19.0. The summed E-state index contributed by atoms with van der Waals surface area (Å²) in [5.41, 5.74) is 2.15. The molecule has 0 fully saturated rings. The monoisotopic (exact) mass is 340 g/mol. The largest absolute Gasteiger partial charge is 0.511 e. The fourth-order valence-electron chi connectivity index (χ4n) is 3.48. The Morgan fingerprint density at radius 1 is 1.32 bits per heavy atom. The number of carbonyl (C=O) groups excluding carboxylic acids is 2. The molecule has 128 valence electrons. The number of benzene rings is 1. The van der Waals surface area contributed by atoms with Crippen LogP contribution in [0.3, 0.4) is 0 Å². The lowest BCUT2D eigenvalue weighted by Crippen LogP contribution is -2.38. The molecular formula is C18H16N2O5. The number of ether oxygens (including phenoxy) is 2. The van der Waals surface area contributed by atoms with Crippen molar-refractivity contribution in [1.82, 2.24) is 9.88 Å². The zero-order chi connectivity index (χ0) is 17.7. The van der Waals surface area contributed by atoms with Crippen molar-refractivity contribution in [2.24, 2.45) is 0 Å². The van der Waals surface area contributed by atoms with Gasteiger partial charge in [0.1, 0.15) is 11.5 Å². The van der Waals surface area contributed by atoms with E-state index in [0.29, 0.717) is 6.54 Å². The second kappa shape index (κ2) is 5.47. The van der Waals surface area contributed by atoms with Gasteiger partial charge >= 0.3 is 5.97 Å². The van der Waals surface area contributed by atoms with Gasteiger partial charge in [0.05, 0.1) is 31.5 Å². The predicted octanol–water partition coefficient (Wildman–Crippen LogP) is 2.02. The Morgan fingerprint density at radius 2 is 2.12 bits per heavy atom. The number of aliphatic hydroxyl groups excluding tert-OH is 1. The van der Waals surface area contributed by atoms with Crippen molar-refractivity contribution < 1.29 is 24.2 Å². The number of hydrogen-bond acceptors (Lipinski definition) is 6. The van der Waals surface area contributed by atoms with Gasteiger partial charge in [0.25, 0.3) is 5.91 Å². The molecule has 2 aromatic rings. The number of nitrogens with zero attached hydrogens (tertiary/aromatic N) is 2. The van der Waals surface area contributed by atoms with Crippen molar-refractivity contribution in [2.75, 3.05) is 14.2 Å². The molecule has 0 saturated heterocycles. The lowest BCUT2D eigenvalue weighted by molar-refractivity contribution is -0.142. The van der Waals surface area contributed by atoms with Crippen molar-refractivity contribution in [3.05, 3.63) is 46.9 Å². The van der Waals surface area contributed by atoms with Gasteiger partial charge < -0.3 is 19.5 Å². The Bertz CT molecular complexity index is 950. The lowest BCUT2D eigenvalue weighted by Gasteiger charge is -2.29. The standard InChI is InChI=1S/C18H16N2O5/c1-24-11-3-4-12-9(6-11)5-10-8-20-13(16(10)19-12)7-14(21)15(17(20)22)18(23)25-2/h3-6,13,21H,7-8H2,1-2H3. The Kier molecular flexibility index (Phi) is 3.38. The van der Waals surface area contributed by atoms with Crippen LogP contribution in [0.15, 0.2) is 35.6 Å². The summed E-state index contributed by atoms with van der Waals surface area (Å²) in [7, 11) is 2.78. The van der Waals surface area contributed by atoms with Gasteiger partial charge in [0, 0.05) is 18.4 Å². The molecule has 2 aliphatic rings. The van der Waals surface area contributed by atoms with Crippen LogP contribution in [0.4, 0.5) is 0 Å². The number of aliphatic hydroxyl groups is 1. The van der Waals surface area contributed by atoms with Crippen molar-refractivity contribution in [2.45, 2.75) is 19.0 Å². The Morgan fingerprint density at radius 3 is 2.84 bits per heavy atom. The number of carbonyl (C=O) groups is 2. The summed E-state index contributed by atoms with van der Waals surface area (Å²) in [5.74, 6) is -0.865. The highest BCUT2D eigenvalue weighted by Crippen LogP contribution is 2.42. The molecule has 1 aromatic carbocycles. The van der Waals surface area contributed by atoms with E-state index in [9.17, 15) is 14.7 Å². The van der Waals surface area contributed by atoms with Crippen LogP contribution in [0.1, 0.15) is 23.7 Å². The van der Waals surface area contributed by atoms with Crippen molar-refractivity contribution in [3.63, 3.8) is 0 Å². The van der Waals surface area contributed by atoms with Crippen molar-refractivity contribution >= 4 is 22.8 Å². The zero-order valence-corrected chi connectivity index (χ0v) is 13.8. The first-order valence-electron chi connectivity index (χ1n) is 7.82. The number of fused-ring (bicyclic) bond motifs is 4. The van der Waals surface area contributed by atoms with Crippen LogP contribution in [0.5, 0.6) is 5.75 Å². The second-order valence-corrected chi connectivity index (χ2v) is 6.06. The summed E-state index contributed by atoms with van der Waals surface area (Å²) in [6.45, 7) is 0.340.